The van der Waals surface area contributed by atoms with Crippen LogP contribution < -0.4 is 9.46 Å². The molecular formula is C19H17F3N2O4S2. The van der Waals surface area contributed by atoms with Gasteiger partial charge in [0, 0.05) is 17.5 Å². The number of rotatable bonds is 6. The molecule has 1 aliphatic rings. The molecule has 4 rings (SSSR count). The fourth-order valence-corrected chi connectivity index (χ4v) is 5.83. The molecule has 160 valence electrons. The minimum atomic E-state index is -4.66. The van der Waals surface area contributed by atoms with Gasteiger partial charge in [0.25, 0.3) is 0 Å². The monoisotopic (exact) mass is 458 g/mol. The van der Waals surface area contributed by atoms with Crippen LogP contribution in [-0.2, 0) is 21.6 Å². The molecule has 1 saturated carbocycles. The summed E-state index contributed by atoms with van der Waals surface area (Å²) in [6.07, 6.45) is -4.04. The van der Waals surface area contributed by atoms with E-state index in [1.54, 1.807) is 7.11 Å². The van der Waals surface area contributed by atoms with Crippen molar-refractivity contribution in [2.45, 2.75) is 35.2 Å². The van der Waals surface area contributed by atoms with Crippen molar-refractivity contribution in [3.05, 3.63) is 53.8 Å². The Balaban J connectivity index is 1.51. The molecule has 1 aliphatic carbocycles. The summed E-state index contributed by atoms with van der Waals surface area (Å²) in [5, 5.41) is 3.39. The van der Waals surface area contributed by atoms with Crippen LogP contribution >= 0.6 is 11.3 Å². The maximum atomic E-state index is 12.8. The van der Waals surface area contributed by atoms with Gasteiger partial charge < -0.3 is 9.26 Å². The summed E-state index contributed by atoms with van der Waals surface area (Å²) in [5.74, 6) is -0.545. The summed E-state index contributed by atoms with van der Waals surface area (Å²) >= 11 is 0.828. The van der Waals surface area contributed by atoms with Gasteiger partial charge in [0.05, 0.1) is 12.0 Å². The predicted octanol–water partition coefficient (Wildman–Crippen LogP) is 4.44. The van der Waals surface area contributed by atoms with E-state index < -0.39 is 22.0 Å². The maximum Gasteiger partial charge on any atom is 0.452 e. The molecule has 1 aromatic carbocycles. The Kier molecular flexibility index (Phi) is 4.94. The van der Waals surface area contributed by atoms with Gasteiger partial charge in [-0.25, -0.2) is 13.1 Å². The Morgan fingerprint density at radius 1 is 1.27 bits per heavy atom. The summed E-state index contributed by atoms with van der Waals surface area (Å²) in [6.45, 7) is 1.96. The number of benzene rings is 1. The highest BCUT2D eigenvalue weighted by Gasteiger charge is 2.53. The first-order chi connectivity index (χ1) is 14.0. The van der Waals surface area contributed by atoms with E-state index in [0.717, 1.165) is 23.0 Å². The van der Waals surface area contributed by atoms with Gasteiger partial charge in [0.15, 0.2) is 0 Å². The molecule has 0 saturated heterocycles. The first-order valence-electron chi connectivity index (χ1n) is 8.84. The van der Waals surface area contributed by atoms with Crippen molar-refractivity contribution in [2.24, 2.45) is 0 Å². The molecule has 0 unspecified atom stereocenters. The normalized spacial score (nSPS) is 21.6. The number of alkyl halides is 3. The number of hydrogen-bond acceptors (Lipinski definition) is 6. The number of aromatic nitrogens is 1. The summed E-state index contributed by atoms with van der Waals surface area (Å²) in [5.41, 5.74) is 0.528. The Labute approximate surface area is 174 Å². The quantitative estimate of drug-likeness (QED) is 0.591. The SMILES string of the molecule is COc1cccc([C@@]2(C)C[C@@H]2NS(=O)(=O)c2ccc(-c3cc(C(F)(F)F)on3)s2)c1. The van der Waals surface area contributed by atoms with E-state index in [9.17, 15) is 21.6 Å². The molecule has 3 aromatic rings. The second-order valence-electron chi connectivity index (χ2n) is 7.22. The lowest BCUT2D eigenvalue weighted by Gasteiger charge is -2.14. The van der Waals surface area contributed by atoms with Crippen LogP contribution in [0.3, 0.4) is 0 Å². The van der Waals surface area contributed by atoms with Crippen LogP contribution in [0.4, 0.5) is 13.2 Å². The summed E-state index contributed by atoms with van der Waals surface area (Å²) in [6, 6.07) is 10.7. The molecule has 30 heavy (non-hydrogen) atoms. The molecule has 11 heteroatoms. The molecule has 1 N–H and O–H groups in total. The van der Waals surface area contributed by atoms with E-state index in [1.165, 1.54) is 12.1 Å². The van der Waals surface area contributed by atoms with Crippen molar-refractivity contribution in [1.29, 1.82) is 0 Å². The third-order valence-electron chi connectivity index (χ3n) is 5.15. The van der Waals surface area contributed by atoms with Crippen molar-refractivity contribution in [3.63, 3.8) is 0 Å². The van der Waals surface area contributed by atoms with E-state index in [-0.39, 0.29) is 26.2 Å². The summed E-state index contributed by atoms with van der Waals surface area (Å²) in [7, 11) is -2.28. The van der Waals surface area contributed by atoms with E-state index >= 15 is 0 Å². The van der Waals surface area contributed by atoms with Crippen LogP contribution in [-0.4, -0.2) is 26.7 Å². The fourth-order valence-electron chi connectivity index (χ4n) is 3.21. The van der Waals surface area contributed by atoms with Gasteiger partial charge in [-0.2, -0.15) is 13.2 Å². The Morgan fingerprint density at radius 2 is 2.03 bits per heavy atom. The zero-order valence-electron chi connectivity index (χ0n) is 15.9. The van der Waals surface area contributed by atoms with Gasteiger partial charge in [0.2, 0.25) is 15.8 Å². The average molecular weight is 458 g/mol. The molecule has 6 nitrogen and oxygen atoms in total. The van der Waals surface area contributed by atoms with Crippen molar-refractivity contribution in [2.75, 3.05) is 7.11 Å². The maximum absolute atomic E-state index is 12.8. The second kappa shape index (κ2) is 7.10. The van der Waals surface area contributed by atoms with Crippen LogP contribution in [0.1, 0.15) is 24.7 Å². The molecular weight excluding hydrogens is 441 g/mol. The lowest BCUT2D eigenvalue weighted by atomic mass is 9.97. The van der Waals surface area contributed by atoms with Gasteiger partial charge >= 0.3 is 6.18 Å². The van der Waals surface area contributed by atoms with Crippen molar-refractivity contribution in [3.8, 4) is 16.3 Å². The number of ether oxygens (including phenoxy) is 1. The minimum absolute atomic E-state index is 0.00560. The highest BCUT2D eigenvalue weighted by Crippen LogP contribution is 2.49. The summed E-state index contributed by atoms with van der Waals surface area (Å²) in [4.78, 5) is 0.265. The highest BCUT2D eigenvalue weighted by molar-refractivity contribution is 7.91. The number of nitrogens with zero attached hydrogens (tertiary/aromatic N) is 1. The minimum Gasteiger partial charge on any atom is -0.497 e. The molecule has 0 aliphatic heterocycles. The van der Waals surface area contributed by atoms with Gasteiger partial charge in [0.1, 0.15) is 15.7 Å². The van der Waals surface area contributed by atoms with E-state index in [1.807, 2.05) is 31.2 Å². The molecule has 0 bridgehead atoms. The fraction of sp³-hybridized carbons (Fsp3) is 0.316. The third-order valence-corrected chi connectivity index (χ3v) is 8.22. The number of thiophene rings is 1. The Bertz CT molecular complexity index is 1190. The number of hydrogen-bond donors (Lipinski definition) is 1. The van der Waals surface area contributed by atoms with E-state index in [4.69, 9.17) is 4.74 Å². The van der Waals surface area contributed by atoms with Gasteiger partial charge in [-0.1, -0.05) is 24.2 Å². The van der Waals surface area contributed by atoms with Crippen LogP contribution in [0, 0.1) is 0 Å². The number of sulfonamides is 1. The third kappa shape index (κ3) is 3.84. The second-order valence-corrected chi connectivity index (χ2v) is 10.2. The van der Waals surface area contributed by atoms with Crippen molar-refractivity contribution >= 4 is 21.4 Å². The predicted molar refractivity (Wildman–Crippen MR) is 104 cm³/mol. The topological polar surface area (TPSA) is 81.4 Å². The molecule has 2 aromatic heterocycles. The lowest BCUT2D eigenvalue weighted by Crippen LogP contribution is -2.29. The van der Waals surface area contributed by atoms with Gasteiger partial charge in [-0.05, 0) is 36.2 Å². The molecule has 2 heterocycles. The van der Waals surface area contributed by atoms with E-state index in [0.29, 0.717) is 12.2 Å². The number of methoxy groups -OCH3 is 1. The van der Waals surface area contributed by atoms with Crippen LogP contribution in [0.15, 0.2) is 51.2 Å². The molecule has 0 spiro atoms. The van der Waals surface area contributed by atoms with Crippen molar-refractivity contribution < 1.29 is 30.8 Å². The highest BCUT2D eigenvalue weighted by atomic mass is 32.2. The van der Waals surface area contributed by atoms with Crippen molar-refractivity contribution in [1.82, 2.24) is 9.88 Å². The van der Waals surface area contributed by atoms with Gasteiger partial charge in [-0.15, -0.1) is 11.3 Å². The molecule has 2 atom stereocenters. The number of nitrogens with one attached hydrogen (secondary N) is 1. The average Bonchev–Trinajstić information content (AvgIpc) is 3.13. The Hall–Kier alpha value is -2.37. The van der Waals surface area contributed by atoms with E-state index in [2.05, 4.69) is 14.4 Å². The standard InChI is InChI=1S/C19H17F3N2O4S2/c1-18(11-4-3-5-12(8-11)27-2)10-15(18)24-30(25,26)17-7-6-14(29-17)13-9-16(28-23-13)19(20,21)22/h3-9,15,24H,10H2,1-2H3/t15-,18+/m0/s1. The van der Waals surface area contributed by atoms with Crippen LogP contribution in [0.25, 0.3) is 10.6 Å². The lowest BCUT2D eigenvalue weighted by molar-refractivity contribution is -0.155. The van der Waals surface area contributed by atoms with Crippen LogP contribution in [0.5, 0.6) is 5.75 Å². The molecule has 0 amide bonds. The largest absolute Gasteiger partial charge is 0.497 e. The Morgan fingerprint density at radius 3 is 2.70 bits per heavy atom. The first kappa shape index (κ1) is 20.9. The zero-order chi connectivity index (χ0) is 21.7. The first-order valence-corrected chi connectivity index (χ1v) is 11.1. The number of halogens is 3. The zero-order valence-corrected chi connectivity index (χ0v) is 17.5. The summed E-state index contributed by atoms with van der Waals surface area (Å²) < 4.78 is 75.8. The van der Waals surface area contributed by atoms with Gasteiger partial charge in [-0.3, -0.25) is 0 Å². The van der Waals surface area contributed by atoms with Crippen LogP contribution in [0.2, 0.25) is 0 Å². The molecule has 1 fully saturated rings. The smallest absolute Gasteiger partial charge is 0.452 e. The molecule has 0 radical (unpaired) electrons.